The van der Waals surface area contributed by atoms with Crippen LogP contribution in [0.15, 0.2) is 0 Å². The second kappa shape index (κ2) is 8.22. The fourth-order valence-electron chi connectivity index (χ4n) is 2.55. The van der Waals surface area contributed by atoms with Gasteiger partial charge in [-0.3, -0.25) is 0 Å². The minimum absolute atomic E-state index is 0.247. The van der Waals surface area contributed by atoms with Gasteiger partial charge in [0.15, 0.2) is 0 Å². The molecule has 1 rings (SSSR count). The van der Waals surface area contributed by atoms with E-state index < -0.39 is 9.84 Å². The quantitative estimate of drug-likeness (QED) is 0.707. The van der Waals surface area contributed by atoms with Gasteiger partial charge in [-0.15, -0.1) is 0 Å². The maximum Gasteiger partial charge on any atom is 0.150 e. The van der Waals surface area contributed by atoms with Crippen LogP contribution in [0.1, 0.15) is 52.9 Å². The van der Waals surface area contributed by atoms with Crippen molar-refractivity contribution in [2.24, 2.45) is 0 Å². The van der Waals surface area contributed by atoms with Gasteiger partial charge in [-0.05, 0) is 45.6 Å². The molecule has 1 fully saturated rings. The first-order valence-electron chi connectivity index (χ1n) is 7.57. The van der Waals surface area contributed by atoms with Gasteiger partial charge in [-0.25, -0.2) is 8.42 Å². The molecule has 3 atom stereocenters. The molecule has 1 saturated heterocycles. The lowest BCUT2D eigenvalue weighted by atomic mass is 10.0. The Morgan fingerprint density at radius 2 is 2.05 bits per heavy atom. The van der Waals surface area contributed by atoms with Crippen molar-refractivity contribution in [3.63, 3.8) is 0 Å². The molecule has 0 aromatic carbocycles. The smallest absolute Gasteiger partial charge is 0.150 e. The Morgan fingerprint density at radius 1 is 1.32 bits per heavy atom. The first-order chi connectivity index (χ1) is 8.98. The summed E-state index contributed by atoms with van der Waals surface area (Å²) in [6.45, 7) is 6.94. The zero-order valence-corrected chi connectivity index (χ0v) is 13.3. The molecule has 0 amide bonds. The molecule has 114 valence electrons. The van der Waals surface area contributed by atoms with Crippen molar-refractivity contribution in [1.82, 2.24) is 5.32 Å². The summed E-state index contributed by atoms with van der Waals surface area (Å²) in [6, 6.07) is 0.303. The first kappa shape index (κ1) is 16.9. The Kier molecular flexibility index (Phi) is 7.32. The number of nitrogens with one attached hydrogen (secondary N) is 1. The van der Waals surface area contributed by atoms with E-state index in [1.54, 1.807) is 6.92 Å². The topological polar surface area (TPSA) is 55.4 Å². The van der Waals surface area contributed by atoms with E-state index in [4.69, 9.17) is 4.74 Å². The van der Waals surface area contributed by atoms with Crippen molar-refractivity contribution >= 4 is 9.84 Å². The molecular formula is C14H29NO3S. The molecule has 0 aliphatic carbocycles. The highest BCUT2D eigenvalue weighted by Gasteiger charge is 2.29. The summed E-state index contributed by atoms with van der Waals surface area (Å²) >= 11 is 0. The summed E-state index contributed by atoms with van der Waals surface area (Å²) in [5.74, 6) is 0.549. The number of sulfone groups is 1. The highest BCUT2D eigenvalue weighted by Crippen LogP contribution is 2.24. The molecule has 0 aromatic heterocycles. The molecule has 0 aromatic rings. The highest BCUT2D eigenvalue weighted by molar-refractivity contribution is 7.91. The van der Waals surface area contributed by atoms with E-state index in [1.165, 1.54) is 0 Å². The fraction of sp³-hybridized carbons (Fsp3) is 1.00. The average Bonchev–Trinajstić information content (AvgIpc) is 2.80. The third-order valence-electron chi connectivity index (χ3n) is 3.78. The van der Waals surface area contributed by atoms with Gasteiger partial charge in [0.05, 0.1) is 18.0 Å². The Hall–Kier alpha value is -0.130. The normalized spacial score (nSPS) is 25.6. The molecule has 19 heavy (non-hydrogen) atoms. The molecule has 1 aliphatic heterocycles. The van der Waals surface area contributed by atoms with Gasteiger partial charge >= 0.3 is 0 Å². The van der Waals surface area contributed by atoms with Gasteiger partial charge in [0.2, 0.25) is 0 Å². The lowest BCUT2D eigenvalue weighted by Crippen LogP contribution is -2.40. The maximum absolute atomic E-state index is 11.5. The van der Waals surface area contributed by atoms with Crippen molar-refractivity contribution in [1.29, 1.82) is 0 Å². The van der Waals surface area contributed by atoms with Crippen LogP contribution in [0.3, 0.4) is 0 Å². The summed E-state index contributed by atoms with van der Waals surface area (Å²) in [6.07, 6.45) is 5.50. The lowest BCUT2D eigenvalue weighted by molar-refractivity contribution is 0.0300. The van der Waals surface area contributed by atoms with E-state index in [1.807, 2.05) is 0 Å². The maximum atomic E-state index is 11.5. The van der Waals surface area contributed by atoms with Gasteiger partial charge in [-0.2, -0.15) is 0 Å². The number of hydrogen-bond donors (Lipinski definition) is 1. The van der Waals surface area contributed by atoms with Crippen molar-refractivity contribution in [3.8, 4) is 0 Å². The Morgan fingerprint density at radius 3 is 2.58 bits per heavy atom. The van der Waals surface area contributed by atoms with Crippen LogP contribution in [0, 0.1) is 0 Å². The molecule has 5 heteroatoms. The summed E-state index contributed by atoms with van der Waals surface area (Å²) in [5.41, 5.74) is 0. The van der Waals surface area contributed by atoms with E-state index in [9.17, 15) is 8.42 Å². The number of ether oxygens (including phenoxy) is 1. The zero-order chi connectivity index (χ0) is 14.3. The van der Waals surface area contributed by atoms with Crippen LogP contribution in [0.5, 0.6) is 0 Å². The van der Waals surface area contributed by atoms with Crippen LogP contribution in [0.25, 0.3) is 0 Å². The molecule has 1 aliphatic rings. The summed E-state index contributed by atoms with van der Waals surface area (Å²) in [4.78, 5) is 0. The van der Waals surface area contributed by atoms with Crippen LogP contribution >= 0.6 is 0 Å². The first-order valence-corrected chi connectivity index (χ1v) is 9.40. The largest absolute Gasteiger partial charge is 0.374 e. The average molecular weight is 291 g/mol. The van der Waals surface area contributed by atoms with Crippen LogP contribution in [0.4, 0.5) is 0 Å². The van der Waals surface area contributed by atoms with Gasteiger partial charge in [0, 0.05) is 11.8 Å². The van der Waals surface area contributed by atoms with Crippen LogP contribution < -0.4 is 5.32 Å². The van der Waals surface area contributed by atoms with E-state index in [2.05, 4.69) is 19.2 Å². The predicted octanol–water partition coefficient (Wildman–Crippen LogP) is 2.14. The number of hydrogen-bond acceptors (Lipinski definition) is 4. The molecule has 1 heterocycles. The van der Waals surface area contributed by atoms with Crippen LogP contribution in [0.2, 0.25) is 0 Å². The van der Waals surface area contributed by atoms with Crippen molar-refractivity contribution in [3.05, 3.63) is 0 Å². The standard InChI is InChI=1S/C14H29NO3S/c1-4-10-15-13(14-9-8-12(3)18-14)7-6-11-19(16,17)5-2/h12-15H,4-11H2,1-3H3. The molecule has 0 saturated carbocycles. The minimum atomic E-state index is -2.84. The predicted molar refractivity (Wildman–Crippen MR) is 79.2 cm³/mol. The third-order valence-corrected chi connectivity index (χ3v) is 5.57. The summed E-state index contributed by atoms with van der Waals surface area (Å²) < 4.78 is 29.0. The van der Waals surface area contributed by atoms with E-state index >= 15 is 0 Å². The van der Waals surface area contributed by atoms with Gasteiger partial charge in [-0.1, -0.05) is 13.8 Å². The molecule has 1 N–H and O–H groups in total. The Balaban J connectivity index is 2.41. The van der Waals surface area contributed by atoms with Crippen LogP contribution in [-0.2, 0) is 14.6 Å². The van der Waals surface area contributed by atoms with Gasteiger partial charge in [0.1, 0.15) is 9.84 Å². The SMILES string of the molecule is CCCNC(CCCS(=O)(=O)CC)C1CCC(C)O1. The summed E-state index contributed by atoms with van der Waals surface area (Å²) in [5, 5.41) is 3.52. The van der Waals surface area contributed by atoms with E-state index in [0.717, 1.165) is 38.6 Å². The molecule has 3 unspecified atom stereocenters. The number of rotatable bonds is 9. The van der Waals surface area contributed by atoms with E-state index in [0.29, 0.717) is 17.9 Å². The molecule has 0 bridgehead atoms. The van der Waals surface area contributed by atoms with Crippen molar-refractivity contribution in [2.45, 2.75) is 71.1 Å². The monoisotopic (exact) mass is 291 g/mol. The summed E-state index contributed by atoms with van der Waals surface area (Å²) in [7, 11) is -2.84. The van der Waals surface area contributed by atoms with Crippen molar-refractivity contribution in [2.75, 3.05) is 18.1 Å². The Bertz CT molecular complexity index is 343. The molecular weight excluding hydrogens is 262 g/mol. The van der Waals surface area contributed by atoms with E-state index in [-0.39, 0.29) is 11.9 Å². The lowest BCUT2D eigenvalue weighted by Gasteiger charge is -2.25. The minimum Gasteiger partial charge on any atom is -0.374 e. The molecule has 0 radical (unpaired) electrons. The van der Waals surface area contributed by atoms with Gasteiger partial charge < -0.3 is 10.1 Å². The second-order valence-electron chi connectivity index (χ2n) is 5.50. The van der Waals surface area contributed by atoms with Crippen LogP contribution in [-0.4, -0.2) is 44.7 Å². The Labute approximate surface area is 118 Å². The molecule has 4 nitrogen and oxygen atoms in total. The van der Waals surface area contributed by atoms with Gasteiger partial charge in [0.25, 0.3) is 0 Å². The highest BCUT2D eigenvalue weighted by atomic mass is 32.2. The zero-order valence-electron chi connectivity index (χ0n) is 12.5. The molecule has 0 spiro atoms. The second-order valence-corrected chi connectivity index (χ2v) is 7.97. The van der Waals surface area contributed by atoms with Crippen molar-refractivity contribution < 1.29 is 13.2 Å². The fourth-order valence-corrected chi connectivity index (χ4v) is 3.44. The third kappa shape index (κ3) is 6.23.